The first-order valence-corrected chi connectivity index (χ1v) is 20.8. The van der Waals surface area contributed by atoms with Crippen molar-refractivity contribution in [1.29, 1.82) is 0 Å². The lowest BCUT2D eigenvalue weighted by molar-refractivity contribution is -0.0152. The average molecular weight is 852 g/mol. The lowest BCUT2D eigenvalue weighted by atomic mass is 9.79. The summed E-state index contributed by atoms with van der Waals surface area (Å²) in [7, 11) is -0.566. The lowest BCUT2D eigenvalue weighted by Gasteiger charge is -2.36. The first-order valence-electron chi connectivity index (χ1n) is 20.0. The highest BCUT2D eigenvalue weighted by atomic mass is 79.9. The third-order valence-electron chi connectivity index (χ3n) is 11.6. The van der Waals surface area contributed by atoms with Crippen molar-refractivity contribution < 1.29 is 9.31 Å². The van der Waals surface area contributed by atoms with E-state index in [1.807, 2.05) is 22.9 Å². The van der Waals surface area contributed by atoms with Gasteiger partial charge in [0.15, 0.2) is 0 Å². The van der Waals surface area contributed by atoms with Crippen molar-refractivity contribution in [1.82, 2.24) is 48.6 Å². The molecule has 1 atom stereocenters. The Bertz CT molecular complexity index is 2830. The minimum absolute atomic E-state index is 0.226. The molecule has 4 aromatic heterocycles. The van der Waals surface area contributed by atoms with Crippen LogP contribution in [-0.4, -0.2) is 67.0 Å². The van der Waals surface area contributed by atoms with Gasteiger partial charge in [-0.05, 0) is 141 Å². The normalized spacial score (nSPS) is 17.2. The number of fused-ring (bicyclic) bond motifs is 2. The molecule has 8 aromatic rings. The van der Waals surface area contributed by atoms with Gasteiger partial charge in [-0.2, -0.15) is 10.2 Å². The second kappa shape index (κ2) is 14.1. The van der Waals surface area contributed by atoms with Crippen molar-refractivity contribution in [3.8, 4) is 34.2 Å². The third kappa shape index (κ3) is 6.90. The molecule has 0 amide bonds. The van der Waals surface area contributed by atoms with Gasteiger partial charge in [-0.1, -0.05) is 40.2 Å². The molecule has 0 N–H and O–H groups in total. The Morgan fingerprint density at radius 1 is 0.661 bits per heavy atom. The van der Waals surface area contributed by atoms with Crippen LogP contribution < -0.4 is 5.46 Å². The third-order valence-corrected chi connectivity index (χ3v) is 12.1. The van der Waals surface area contributed by atoms with Gasteiger partial charge in [0.05, 0.1) is 44.6 Å². The molecule has 9 rings (SSSR count). The van der Waals surface area contributed by atoms with Crippen molar-refractivity contribution in [2.24, 2.45) is 0 Å². The van der Waals surface area contributed by atoms with Gasteiger partial charge in [0.25, 0.3) is 0 Å². The fourth-order valence-corrected chi connectivity index (χ4v) is 8.68. The number of hydrogen-bond donors (Lipinski definition) is 0. The number of imidazole rings is 2. The van der Waals surface area contributed by atoms with E-state index >= 15 is 0 Å². The maximum absolute atomic E-state index is 6.95. The van der Waals surface area contributed by atoms with Gasteiger partial charge in [0, 0.05) is 26.7 Å². The van der Waals surface area contributed by atoms with Gasteiger partial charge in [0.1, 0.15) is 37.0 Å². The highest BCUT2D eigenvalue weighted by Crippen LogP contribution is 2.42. The lowest BCUT2D eigenvalue weighted by Crippen LogP contribution is -2.45. The van der Waals surface area contributed by atoms with Crippen LogP contribution in [0.3, 0.4) is 0 Å². The number of nitrogens with zero attached hydrogens (tertiary/aromatic N) is 10. The number of benzene rings is 4. The Morgan fingerprint density at radius 3 is 1.88 bits per heavy atom. The monoisotopic (exact) mass is 850 g/mol. The van der Waals surface area contributed by atoms with E-state index in [-0.39, 0.29) is 11.1 Å². The zero-order valence-electron chi connectivity index (χ0n) is 35.0. The van der Waals surface area contributed by atoms with Gasteiger partial charge in [-0.25, -0.2) is 29.3 Å². The molecule has 4 aromatic carbocycles. The molecule has 0 saturated carbocycles. The minimum Gasteiger partial charge on any atom is -0.399 e. The van der Waals surface area contributed by atoms with Crippen LogP contribution in [0.4, 0.5) is 0 Å². The summed E-state index contributed by atoms with van der Waals surface area (Å²) in [6.45, 7) is 19.6. The number of rotatable bonds is 8. The molecule has 0 spiro atoms. The Kier molecular flexibility index (Phi) is 9.33. The summed E-state index contributed by atoms with van der Waals surface area (Å²) in [6, 6.07) is 27.3. The first kappa shape index (κ1) is 39.0. The number of hydrogen-bond acceptors (Lipinski definition) is 8. The minimum atomic E-state index is -0.598. The van der Waals surface area contributed by atoms with E-state index in [2.05, 4.69) is 168 Å². The fourth-order valence-electron chi connectivity index (χ4n) is 8.33. The van der Waals surface area contributed by atoms with Gasteiger partial charge < -0.3 is 18.4 Å². The SMILES string of the molecule is CC(C)(C)n1c(-c2ccc(CCC3(C)OB(c4ccc5c(c4)nc(-c4ccccc4-n4cncn4)n5C(C)(C)C)OC3(C)C)cc2-n2cncn2)nc2cc(Br)ccc21. The molecule has 1 aliphatic rings. The Labute approximate surface area is 352 Å². The molecule has 12 nitrogen and oxygen atoms in total. The Morgan fingerprint density at radius 2 is 1.25 bits per heavy atom. The summed E-state index contributed by atoms with van der Waals surface area (Å²) in [5, 5.41) is 8.99. The molecule has 1 unspecified atom stereocenters. The van der Waals surface area contributed by atoms with Gasteiger partial charge in [0.2, 0.25) is 0 Å². The summed E-state index contributed by atoms with van der Waals surface area (Å²) in [5.74, 6) is 1.73. The zero-order chi connectivity index (χ0) is 41.5. The predicted octanol–water partition coefficient (Wildman–Crippen LogP) is 9.07. The molecule has 14 heteroatoms. The molecule has 300 valence electrons. The van der Waals surface area contributed by atoms with Crippen LogP contribution in [0.2, 0.25) is 0 Å². The second-order valence-electron chi connectivity index (χ2n) is 18.1. The molecule has 0 bridgehead atoms. The number of aromatic nitrogens is 10. The van der Waals surface area contributed by atoms with Crippen LogP contribution in [0.15, 0.2) is 109 Å². The summed E-state index contributed by atoms with van der Waals surface area (Å²) < 4.78 is 22.9. The molecule has 5 heterocycles. The van der Waals surface area contributed by atoms with E-state index in [0.717, 1.165) is 84.6 Å². The van der Waals surface area contributed by atoms with Crippen molar-refractivity contribution in [3.63, 3.8) is 0 Å². The Balaban J connectivity index is 1.02. The van der Waals surface area contributed by atoms with Crippen LogP contribution in [0.25, 0.3) is 56.2 Å². The van der Waals surface area contributed by atoms with Crippen LogP contribution in [0.1, 0.15) is 74.3 Å². The number of halogens is 1. The van der Waals surface area contributed by atoms with Crippen molar-refractivity contribution in [2.75, 3.05) is 0 Å². The van der Waals surface area contributed by atoms with E-state index in [4.69, 9.17) is 19.3 Å². The van der Waals surface area contributed by atoms with Crippen molar-refractivity contribution in [2.45, 2.75) is 97.4 Å². The van der Waals surface area contributed by atoms with E-state index < -0.39 is 18.3 Å². The van der Waals surface area contributed by atoms with E-state index in [9.17, 15) is 0 Å². The van der Waals surface area contributed by atoms with Crippen molar-refractivity contribution in [3.05, 3.63) is 114 Å². The second-order valence-corrected chi connectivity index (χ2v) is 19.0. The van der Waals surface area contributed by atoms with Crippen LogP contribution >= 0.6 is 15.9 Å². The van der Waals surface area contributed by atoms with Crippen LogP contribution in [-0.2, 0) is 26.8 Å². The molecule has 1 saturated heterocycles. The molecule has 1 fully saturated rings. The summed E-state index contributed by atoms with van der Waals surface area (Å²) in [5.41, 5.74) is 8.07. The topological polar surface area (TPSA) is 116 Å². The highest BCUT2D eigenvalue weighted by molar-refractivity contribution is 9.10. The van der Waals surface area contributed by atoms with Crippen molar-refractivity contribution >= 4 is 50.6 Å². The largest absolute Gasteiger partial charge is 0.494 e. The summed E-state index contributed by atoms with van der Waals surface area (Å²) in [4.78, 5) is 18.9. The quantitative estimate of drug-likeness (QED) is 0.139. The van der Waals surface area contributed by atoms with E-state index in [1.165, 1.54) is 0 Å². The smallest absolute Gasteiger partial charge is 0.399 e. The van der Waals surface area contributed by atoms with E-state index in [1.54, 1.807) is 30.0 Å². The van der Waals surface area contributed by atoms with E-state index in [0.29, 0.717) is 0 Å². The Hall–Kier alpha value is -5.44. The maximum atomic E-state index is 6.95. The first-order chi connectivity index (χ1) is 28.0. The van der Waals surface area contributed by atoms with Crippen LogP contribution in [0.5, 0.6) is 0 Å². The van der Waals surface area contributed by atoms with Gasteiger partial charge in [-0.15, -0.1) is 0 Å². The summed E-state index contributed by atoms with van der Waals surface area (Å²) in [6.07, 6.45) is 8.05. The number of para-hydroxylation sites is 1. The highest BCUT2D eigenvalue weighted by Gasteiger charge is 2.54. The zero-order valence-corrected chi connectivity index (χ0v) is 36.6. The van der Waals surface area contributed by atoms with Crippen LogP contribution in [0, 0.1) is 0 Å². The summed E-state index contributed by atoms with van der Waals surface area (Å²) >= 11 is 3.64. The maximum Gasteiger partial charge on any atom is 0.494 e. The molecular formula is C45H48BBrN10O2. The number of aryl methyl sites for hydroxylation is 1. The average Bonchev–Trinajstić information content (AvgIpc) is 4.03. The predicted molar refractivity (Wildman–Crippen MR) is 236 cm³/mol. The molecular weight excluding hydrogens is 803 g/mol. The molecule has 1 aliphatic heterocycles. The molecule has 0 aliphatic carbocycles. The molecule has 0 radical (unpaired) electrons. The van der Waals surface area contributed by atoms with Gasteiger partial charge in [-0.3, -0.25) is 0 Å². The fraction of sp³-hybridized carbons (Fsp3) is 0.333. The van der Waals surface area contributed by atoms with Gasteiger partial charge >= 0.3 is 7.12 Å². The molecule has 59 heavy (non-hydrogen) atoms. The standard InChI is InChI=1S/C45H48BBrN10O2/c1-42(2,3)56-37-18-15-30(23-34(37)52-40(56)32-12-10-11-13-36(32)54-27-48-25-50-54)46-58-44(7,8)45(9,59-46)21-20-29-14-17-33(39(22-29)55-28-49-26-51-55)41-53-35-24-31(47)16-19-38(35)57(41)43(4,5)6/h10-19,22-28H,20-21H2,1-9H3.